The molecule has 102 valence electrons. The molecule has 0 amide bonds. The summed E-state index contributed by atoms with van der Waals surface area (Å²) in [6, 6.07) is 0. The molecule has 6 heteroatoms. The predicted molar refractivity (Wildman–Crippen MR) is 79.2 cm³/mol. The largest absolute Gasteiger partial charge is 0.362 e. The number of aryl methyl sites for hydroxylation is 2. The van der Waals surface area contributed by atoms with Crippen LogP contribution in [0.25, 0.3) is 0 Å². The second kappa shape index (κ2) is 6.70. The summed E-state index contributed by atoms with van der Waals surface area (Å²) < 4.78 is 1.86. The van der Waals surface area contributed by atoms with Crippen LogP contribution >= 0.6 is 12.2 Å². The summed E-state index contributed by atoms with van der Waals surface area (Å²) in [7, 11) is 6.24. The maximum Gasteiger partial charge on any atom is 0.170 e. The van der Waals surface area contributed by atoms with Crippen LogP contribution in [-0.2, 0) is 7.05 Å². The Bertz CT molecular complexity index is 411. The molecule has 1 heterocycles. The van der Waals surface area contributed by atoms with Crippen molar-refractivity contribution in [3.05, 3.63) is 11.4 Å². The van der Waals surface area contributed by atoms with Gasteiger partial charge in [0.05, 0.1) is 37.7 Å². The van der Waals surface area contributed by atoms with Gasteiger partial charge in [0.2, 0.25) is 0 Å². The first-order valence-corrected chi connectivity index (χ1v) is 6.66. The Morgan fingerprint density at radius 2 is 2.06 bits per heavy atom. The molecule has 0 fully saturated rings. The topological polar surface area (TPSA) is 46.3 Å². The lowest BCUT2D eigenvalue weighted by Gasteiger charge is -2.11. The van der Waals surface area contributed by atoms with Crippen molar-refractivity contribution in [2.45, 2.75) is 20.3 Å². The molecule has 1 rings (SSSR count). The Morgan fingerprint density at radius 3 is 2.56 bits per heavy atom. The van der Waals surface area contributed by atoms with E-state index in [0.717, 1.165) is 36.6 Å². The van der Waals surface area contributed by atoms with Crippen molar-refractivity contribution in [2.24, 2.45) is 7.05 Å². The van der Waals surface area contributed by atoms with Crippen molar-refractivity contribution in [3.8, 4) is 0 Å². The number of anilines is 1. The zero-order valence-corrected chi connectivity index (χ0v) is 12.7. The van der Waals surface area contributed by atoms with E-state index in [0.29, 0.717) is 5.11 Å². The van der Waals surface area contributed by atoms with Crippen molar-refractivity contribution < 1.29 is 4.90 Å². The van der Waals surface area contributed by atoms with Gasteiger partial charge in [-0.2, -0.15) is 5.10 Å². The summed E-state index contributed by atoms with van der Waals surface area (Å²) in [5.41, 5.74) is 3.07. The zero-order valence-electron chi connectivity index (χ0n) is 11.9. The van der Waals surface area contributed by atoms with E-state index in [9.17, 15) is 0 Å². The number of quaternary nitrogens is 1. The van der Waals surface area contributed by atoms with Gasteiger partial charge in [0.15, 0.2) is 5.11 Å². The molecular weight excluding hydrogens is 246 g/mol. The summed E-state index contributed by atoms with van der Waals surface area (Å²) in [6.45, 7) is 6.05. The van der Waals surface area contributed by atoms with E-state index >= 15 is 0 Å². The monoisotopic (exact) mass is 270 g/mol. The highest BCUT2D eigenvalue weighted by atomic mass is 32.1. The smallest absolute Gasteiger partial charge is 0.170 e. The van der Waals surface area contributed by atoms with Crippen LogP contribution in [0.3, 0.4) is 0 Å². The van der Waals surface area contributed by atoms with Gasteiger partial charge in [0.25, 0.3) is 0 Å². The normalized spacial score (nSPS) is 10.8. The quantitative estimate of drug-likeness (QED) is 0.515. The highest BCUT2D eigenvalue weighted by molar-refractivity contribution is 7.80. The maximum absolute atomic E-state index is 5.28. The van der Waals surface area contributed by atoms with Crippen LogP contribution in [0.2, 0.25) is 0 Å². The average Bonchev–Trinajstić information content (AvgIpc) is 2.51. The number of nitrogens with zero attached hydrogens (tertiary/aromatic N) is 2. The number of thiocarbonyl (C=S) groups is 1. The van der Waals surface area contributed by atoms with Crippen LogP contribution < -0.4 is 15.5 Å². The molecule has 0 aromatic carbocycles. The van der Waals surface area contributed by atoms with Gasteiger partial charge in [-0.3, -0.25) is 4.68 Å². The molecule has 0 saturated heterocycles. The molecule has 0 unspecified atom stereocenters. The van der Waals surface area contributed by atoms with Gasteiger partial charge < -0.3 is 15.5 Å². The van der Waals surface area contributed by atoms with Crippen LogP contribution in [-0.4, -0.2) is 42.1 Å². The van der Waals surface area contributed by atoms with E-state index in [1.165, 1.54) is 4.90 Å². The molecule has 1 aromatic rings. The summed E-state index contributed by atoms with van der Waals surface area (Å²) >= 11 is 5.28. The number of rotatable bonds is 5. The SMILES string of the molecule is Cc1nn(C)c(C)c1NC(=S)NCCC[NH+](C)C. The van der Waals surface area contributed by atoms with Gasteiger partial charge in [-0.15, -0.1) is 0 Å². The minimum Gasteiger partial charge on any atom is -0.362 e. The minimum atomic E-state index is 0.669. The minimum absolute atomic E-state index is 0.669. The third-order valence-electron chi connectivity index (χ3n) is 2.89. The van der Waals surface area contributed by atoms with Gasteiger partial charge in [0, 0.05) is 20.0 Å². The van der Waals surface area contributed by atoms with Crippen LogP contribution in [0.5, 0.6) is 0 Å². The summed E-state index contributed by atoms with van der Waals surface area (Å²) in [5.74, 6) is 0. The van der Waals surface area contributed by atoms with Gasteiger partial charge in [-0.25, -0.2) is 0 Å². The first-order chi connectivity index (χ1) is 8.41. The van der Waals surface area contributed by atoms with E-state index in [4.69, 9.17) is 12.2 Å². The summed E-state index contributed by atoms with van der Waals surface area (Å²) in [4.78, 5) is 1.45. The van der Waals surface area contributed by atoms with Gasteiger partial charge in [-0.05, 0) is 26.1 Å². The second-order valence-corrected chi connectivity index (χ2v) is 5.27. The molecule has 0 aliphatic rings. The number of hydrogen-bond donors (Lipinski definition) is 3. The second-order valence-electron chi connectivity index (χ2n) is 4.86. The molecule has 0 atom stereocenters. The third-order valence-corrected chi connectivity index (χ3v) is 3.13. The van der Waals surface area contributed by atoms with Gasteiger partial charge >= 0.3 is 0 Å². The zero-order chi connectivity index (χ0) is 13.7. The fourth-order valence-electron chi connectivity index (χ4n) is 1.76. The van der Waals surface area contributed by atoms with Crippen LogP contribution in [0.1, 0.15) is 17.8 Å². The van der Waals surface area contributed by atoms with E-state index < -0.39 is 0 Å². The fraction of sp³-hybridized carbons (Fsp3) is 0.667. The Labute approximate surface area is 115 Å². The third kappa shape index (κ3) is 4.27. The summed E-state index contributed by atoms with van der Waals surface area (Å²) in [5, 5.41) is 11.5. The molecule has 0 aliphatic carbocycles. The first kappa shape index (κ1) is 14.9. The first-order valence-electron chi connectivity index (χ1n) is 6.26. The Kier molecular flexibility index (Phi) is 5.55. The molecule has 0 bridgehead atoms. The Balaban J connectivity index is 2.40. The lowest BCUT2D eigenvalue weighted by molar-refractivity contribution is -0.858. The summed E-state index contributed by atoms with van der Waals surface area (Å²) in [6.07, 6.45) is 1.11. The molecule has 0 saturated carbocycles. The highest BCUT2D eigenvalue weighted by Crippen LogP contribution is 2.17. The van der Waals surface area contributed by atoms with Crippen molar-refractivity contribution >= 4 is 23.0 Å². The molecule has 18 heavy (non-hydrogen) atoms. The predicted octanol–water partition coefficient (Wildman–Crippen LogP) is -0.142. The lowest BCUT2D eigenvalue weighted by atomic mass is 10.3. The number of nitrogens with one attached hydrogen (secondary N) is 3. The van der Waals surface area contributed by atoms with E-state index in [2.05, 4.69) is 29.8 Å². The molecule has 5 nitrogen and oxygen atoms in total. The molecule has 0 radical (unpaired) electrons. The van der Waals surface area contributed by atoms with Crippen LogP contribution in [0, 0.1) is 13.8 Å². The fourth-order valence-corrected chi connectivity index (χ4v) is 1.96. The standard InChI is InChI=1S/C12H23N5S/c1-9-11(10(2)17(5)15-9)14-12(18)13-7-6-8-16(3)4/h6-8H2,1-5H3,(H2,13,14,18)/p+1. The highest BCUT2D eigenvalue weighted by Gasteiger charge is 2.10. The Hall–Kier alpha value is -1.14. The van der Waals surface area contributed by atoms with E-state index in [-0.39, 0.29) is 0 Å². The van der Waals surface area contributed by atoms with Crippen LogP contribution in [0.15, 0.2) is 0 Å². The average molecular weight is 270 g/mol. The van der Waals surface area contributed by atoms with Crippen LogP contribution in [0.4, 0.5) is 5.69 Å². The molecular formula is C12H24N5S+. The molecule has 0 spiro atoms. The van der Waals surface area contributed by atoms with Crippen molar-refractivity contribution in [2.75, 3.05) is 32.5 Å². The lowest BCUT2D eigenvalue weighted by Crippen LogP contribution is -3.05. The van der Waals surface area contributed by atoms with Gasteiger partial charge in [-0.1, -0.05) is 0 Å². The van der Waals surface area contributed by atoms with Crippen molar-refractivity contribution in [1.29, 1.82) is 0 Å². The van der Waals surface area contributed by atoms with Gasteiger partial charge in [0.1, 0.15) is 0 Å². The Morgan fingerprint density at radius 1 is 1.39 bits per heavy atom. The maximum atomic E-state index is 5.28. The molecule has 0 aliphatic heterocycles. The number of aromatic nitrogens is 2. The van der Waals surface area contributed by atoms with E-state index in [1.54, 1.807) is 0 Å². The molecule has 3 N–H and O–H groups in total. The van der Waals surface area contributed by atoms with E-state index in [1.807, 2.05) is 25.6 Å². The van der Waals surface area contributed by atoms with Crippen molar-refractivity contribution in [3.63, 3.8) is 0 Å². The van der Waals surface area contributed by atoms with Crippen molar-refractivity contribution in [1.82, 2.24) is 15.1 Å². The number of hydrogen-bond acceptors (Lipinski definition) is 2. The molecule has 1 aromatic heterocycles.